The second-order valence-electron chi connectivity index (χ2n) is 6.58. The van der Waals surface area contributed by atoms with Crippen LogP contribution in [0.15, 0.2) is 36.5 Å². The van der Waals surface area contributed by atoms with Gasteiger partial charge in [-0.2, -0.15) is 4.98 Å². The fourth-order valence-corrected chi connectivity index (χ4v) is 3.08. The number of rotatable bonds is 5. The summed E-state index contributed by atoms with van der Waals surface area (Å²) in [4.78, 5) is 33.4. The van der Waals surface area contributed by atoms with Crippen LogP contribution in [0.25, 0.3) is 5.78 Å². The number of anilines is 1. The van der Waals surface area contributed by atoms with Gasteiger partial charge >= 0.3 is 0 Å². The first-order chi connectivity index (χ1) is 13.6. The summed E-state index contributed by atoms with van der Waals surface area (Å²) >= 11 is 0. The molecule has 0 bridgehead atoms. The first-order valence-electron chi connectivity index (χ1n) is 9.10. The van der Waals surface area contributed by atoms with E-state index in [0.29, 0.717) is 23.6 Å². The minimum Gasteiger partial charge on any atom is -0.376 e. The second kappa shape index (κ2) is 7.73. The van der Waals surface area contributed by atoms with Crippen LogP contribution in [0.1, 0.15) is 39.5 Å². The highest BCUT2D eigenvalue weighted by Crippen LogP contribution is 2.17. The molecule has 4 rings (SSSR count). The number of benzene rings is 1. The van der Waals surface area contributed by atoms with Crippen molar-refractivity contribution >= 4 is 23.3 Å². The van der Waals surface area contributed by atoms with E-state index in [1.165, 1.54) is 4.52 Å². The van der Waals surface area contributed by atoms with Crippen LogP contribution in [-0.2, 0) is 4.74 Å². The molecule has 144 valence electrons. The number of hydrogen-bond donors (Lipinski definition) is 2. The molecule has 28 heavy (non-hydrogen) atoms. The Morgan fingerprint density at radius 3 is 2.89 bits per heavy atom. The Hall–Kier alpha value is -3.33. The van der Waals surface area contributed by atoms with E-state index in [4.69, 9.17) is 4.74 Å². The number of ether oxygens (including phenoxy) is 1. The zero-order valence-corrected chi connectivity index (χ0v) is 15.4. The SMILES string of the molecule is Cc1ccnc2nc(C(=O)Nc3ccccc3C(=O)NC[C@@H]3CCCO3)nn12. The summed E-state index contributed by atoms with van der Waals surface area (Å²) in [6, 6.07) is 8.58. The Bertz CT molecular complexity index is 1030. The van der Waals surface area contributed by atoms with E-state index >= 15 is 0 Å². The largest absolute Gasteiger partial charge is 0.376 e. The van der Waals surface area contributed by atoms with Crippen LogP contribution in [0.2, 0.25) is 0 Å². The average molecular weight is 380 g/mol. The highest BCUT2D eigenvalue weighted by atomic mass is 16.5. The first-order valence-corrected chi connectivity index (χ1v) is 9.10. The van der Waals surface area contributed by atoms with Crippen molar-refractivity contribution in [1.29, 1.82) is 0 Å². The average Bonchev–Trinajstić information content (AvgIpc) is 3.37. The Morgan fingerprint density at radius 1 is 1.25 bits per heavy atom. The second-order valence-corrected chi connectivity index (χ2v) is 6.58. The van der Waals surface area contributed by atoms with Crippen LogP contribution >= 0.6 is 0 Å². The van der Waals surface area contributed by atoms with Gasteiger partial charge in [-0.25, -0.2) is 9.50 Å². The molecule has 2 aromatic heterocycles. The normalized spacial score (nSPS) is 16.2. The molecule has 0 aliphatic carbocycles. The molecule has 9 nitrogen and oxygen atoms in total. The maximum Gasteiger partial charge on any atom is 0.295 e. The minimum absolute atomic E-state index is 0.0173. The molecule has 0 radical (unpaired) electrons. The third-order valence-electron chi connectivity index (χ3n) is 4.57. The van der Waals surface area contributed by atoms with Gasteiger partial charge in [0.1, 0.15) is 0 Å². The molecule has 1 aliphatic rings. The summed E-state index contributed by atoms with van der Waals surface area (Å²) in [5.74, 6) is -0.458. The maximum absolute atomic E-state index is 12.6. The molecule has 3 heterocycles. The number of aryl methyl sites for hydroxylation is 1. The van der Waals surface area contributed by atoms with Gasteiger partial charge in [-0.3, -0.25) is 9.59 Å². The summed E-state index contributed by atoms with van der Waals surface area (Å²) < 4.78 is 7.02. The molecular formula is C19H20N6O3. The van der Waals surface area contributed by atoms with E-state index in [9.17, 15) is 9.59 Å². The number of hydrogen-bond acceptors (Lipinski definition) is 6. The molecule has 1 fully saturated rings. The Morgan fingerprint density at radius 2 is 2.11 bits per heavy atom. The van der Waals surface area contributed by atoms with Crippen molar-refractivity contribution in [2.45, 2.75) is 25.9 Å². The van der Waals surface area contributed by atoms with Gasteiger partial charge in [0.25, 0.3) is 17.6 Å². The van der Waals surface area contributed by atoms with Gasteiger partial charge in [0.2, 0.25) is 5.82 Å². The quantitative estimate of drug-likeness (QED) is 0.696. The number of nitrogens with zero attached hydrogens (tertiary/aromatic N) is 4. The van der Waals surface area contributed by atoms with Gasteiger partial charge in [0.05, 0.1) is 17.4 Å². The van der Waals surface area contributed by atoms with Crippen molar-refractivity contribution in [2.24, 2.45) is 0 Å². The molecule has 0 spiro atoms. The molecule has 2 N–H and O–H groups in total. The molecular weight excluding hydrogens is 360 g/mol. The van der Waals surface area contributed by atoms with Crippen LogP contribution < -0.4 is 10.6 Å². The lowest BCUT2D eigenvalue weighted by Gasteiger charge is -2.13. The van der Waals surface area contributed by atoms with E-state index in [0.717, 1.165) is 25.1 Å². The maximum atomic E-state index is 12.6. The van der Waals surface area contributed by atoms with E-state index < -0.39 is 5.91 Å². The van der Waals surface area contributed by atoms with Crippen LogP contribution in [-0.4, -0.2) is 50.7 Å². The standard InChI is InChI=1S/C19H20N6O3/c1-12-8-9-20-19-23-16(24-25(12)19)18(27)22-15-7-3-2-6-14(15)17(26)21-11-13-5-4-10-28-13/h2-3,6-9,13H,4-5,10-11H2,1H3,(H,21,26)(H,22,27)/t13-/m0/s1. The molecule has 2 amide bonds. The highest BCUT2D eigenvalue weighted by Gasteiger charge is 2.20. The lowest BCUT2D eigenvalue weighted by atomic mass is 10.1. The highest BCUT2D eigenvalue weighted by molar-refractivity contribution is 6.07. The summed E-state index contributed by atoms with van der Waals surface area (Å²) in [7, 11) is 0. The fraction of sp³-hybridized carbons (Fsp3) is 0.316. The van der Waals surface area contributed by atoms with Crippen LogP contribution in [0, 0.1) is 6.92 Å². The van der Waals surface area contributed by atoms with Gasteiger partial charge in [-0.1, -0.05) is 12.1 Å². The van der Waals surface area contributed by atoms with E-state index in [1.807, 2.05) is 6.92 Å². The van der Waals surface area contributed by atoms with Crippen LogP contribution in [0.5, 0.6) is 0 Å². The third-order valence-corrected chi connectivity index (χ3v) is 4.57. The number of para-hydroxylation sites is 1. The molecule has 1 aliphatic heterocycles. The van der Waals surface area contributed by atoms with Crippen LogP contribution in [0.3, 0.4) is 0 Å². The molecule has 0 saturated carbocycles. The summed E-state index contributed by atoms with van der Waals surface area (Å²) in [5, 5.41) is 9.77. The van der Waals surface area contributed by atoms with E-state index in [1.54, 1.807) is 36.5 Å². The minimum atomic E-state index is -0.510. The van der Waals surface area contributed by atoms with Gasteiger partial charge < -0.3 is 15.4 Å². The monoisotopic (exact) mass is 380 g/mol. The van der Waals surface area contributed by atoms with Crippen molar-refractivity contribution in [2.75, 3.05) is 18.5 Å². The molecule has 1 saturated heterocycles. The van der Waals surface area contributed by atoms with Gasteiger partial charge in [-0.05, 0) is 38.0 Å². The Kier molecular flexibility index (Phi) is 4.98. The number of fused-ring (bicyclic) bond motifs is 1. The summed E-state index contributed by atoms with van der Waals surface area (Å²) in [6.07, 6.45) is 3.59. The fourth-order valence-electron chi connectivity index (χ4n) is 3.08. The topological polar surface area (TPSA) is 111 Å². The molecule has 3 aromatic rings. The third kappa shape index (κ3) is 3.70. The lowest BCUT2D eigenvalue weighted by molar-refractivity contribution is 0.0858. The van der Waals surface area contributed by atoms with Gasteiger partial charge in [0, 0.05) is 25.0 Å². The van der Waals surface area contributed by atoms with Crippen molar-refractivity contribution in [3.63, 3.8) is 0 Å². The predicted octanol–water partition coefficient (Wildman–Crippen LogP) is 1.59. The Labute approximate surface area is 161 Å². The van der Waals surface area contributed by atoms with Gasteiger partial charge in [0.15, 0.2) is 0 Å². The van der Waals surface area contributed by atoms with Crippen molar-refractivity contribution in [3.8, 4) is 0 Å². The molecule has 1 aromatic carbocycles. The lowest BCUT2D eigenvalue weighted by Crippen LogP contribution is -2.32. The van der Waals surface area contributed by atoms with E-state index in [2.05, 4.69) is 25.7 Å². The molecule has 1 atom stereocenters. The van der Waals surface area contributed by atoms with E-state index in [-0.39, 0.29) is 17.8 Å². The smallest absolute Gasteiger partial charge is 0.295 e. The van der Waals surface area contributed by atoms with Crippen LogP contribution in [0.4, 0.5) is 5.69 Å². The molecule has 0 unspecified atom stereocenters. The van der Waals surface area contributed by atoms with Crippen molar-refractivity contribution in [1.82, 2.24) is 24.9 Å². The number of nitrogens with one attached hydrogen (secondary N) is 2. The summed E-state index contributed by atoms with van der Waals surface area (Å²) in [6.45, 7) is 3.02. The first kappa shape index (κ1) is 18.1. The van der Waals surface area contributed by atoms with Gasteiger partial charge in [-0.15, -0.1) is 5.10 Å². The number of carbonyl (C=O) groups is 2. The zero-order chi connectivity index (χ0) is 19.5. The van der Waals surface area contributed by atoms with Crippen molar-refractivity contribution < 1.29 is 14.3 Å². The number of carbonyl (C=O) groups excluding carboxylic acids is 2. The number of amides is 2. The predicted molar refractivity (Wildman–Crippen MR) is 101 cm³/mol. The van der Waals surface area contributed by atoms with Crippen molar-refractivity contribution in [3.05, 3.63) is 53.6 Å². The molecule has 9 heteroatoms. The summed E-state index contributed by atoms with van der Waals surface area (Å²) in [5.41, 5.74) is 1.57. The number of aromatic nitrogens is 4. The zero-order valence-electron chi connectivity index (χ0n) is 15.4. The Balaban J connectivity index is 1.50.